The van der Waals surface area contributed by atoms with E-state index in [-0.39, 0.29) is 11.6 Å². The van der Waals surface area contributed by atoms with Gasteiger partial charge in [0.25, 0.3) is 0 Å². The van der Waals surface area contributed by atoms with Crippen molar-refractivity contribution in [2.75, 3.05) is 5.73 Å². The van der Waals surface area contributed by atoms with Gasteiger partial charge in [0, 0.05) is 16.8 Å². The minimum Gasteiger partial charge on any atom is -0.399 e. The fourth-order valence-electron chi connectivity index (χ4n) is 1.70. The first-order valence-corrected chi connectivity index (χ1v) is 5.24. The molecule has 0 atom stereocenters. The third-order valence-electron chi connectivity index (χ3n) is 2.60. The first-order valence-electron chi connectivity index (χ1n) is 5.24. The molecule has 0 spiro atoms. The number of hydrogen-bond donors (Lipinski definition) is 1. The molecule has 0 radical (unpaired) electrons. The summed E-state index contributed by atoms with van der Waals surface area (Å²) in [5, 5.41) is 0. The van der Waals surface area contributed by atoms with Gasteiger partial charge in [0.05, 0.1) is 0 Å². The second kappa shape index (κ2) is 4.37. The Morgan fingerprint density at radius 1 is 1.12 bits per heavy atom. The van der Waals surface area contributed by atoms with Gasteiger partial charge in [-0.3, -0.25) is 4.79 Å². The number of carbonyl (C=O) groups is 1. The number of ketones is 1. The molecule has 2 aromatic carbocycles. The van der Waals surface area contributed by atoms with Crippen LogP contribution in [0.25, 0.3) is 0 Å². The number of benzene rings is 2. The summed E-state index contributed by atoms with van der Waals surface area (Å²) in [4.78, 5) is 12.1. The molecule has 3 heteroatoms. The number of halogens is 1. The van der Waals surface area contributed by atoms with E-state index in [1.807, 2.05) is 6.92 Å². The summed E-state index contributed by atoms with van der Waals surface area (Å²) >= 11 is 0. The van der Waals surface area contributed by atoms with Crippen molar-refractivity contribution in [3.05, 3.63) is 65.0 Å². The zero-order valence-corrected chi connectivity index (χ0v) is 9.41. The lowest BCUT2D eigenvalue weighted by Crippen LogP contribution is -2.04. The second-order valence-electron chi connectivity index (χ2n) is 3.91. The molecule has 0 aliphatic heterocycles. The molecule has 0 unspecified atom stereocenters. The Kier molecular flexibility index (Phi) is 2.91. The Morgan fingerprint density at radius 3 is 2.35 bits per heavy atom. The first kappa shape index (κ1) is 11.3. The van der Waals surface area contributed by atoms with Crippen LogP contribution in [0.2, 0.25) is 0 Å². The van der Waals surface area contributed by atoms with E-state index < -0.39 is 0 Å². The second-order valence-corrected chi connectivity index (χ2v) is 3.91. The van der Waals surface area contributed by atoms with Crippen molar-refractivity contribution < 1.29 is 9.18 Å². The van der Waals surface area contributed by atoms with E-state index in [2.05, 4.69) is 0 Å². The molecule has 86 valence electrons. The summed E-state index contributed by atoms with van der Waals surface area (Å²) in [6, 6.07) is 10.6. The molecule has 0 saturated heterocycles. The van der Waals surface area contributed by atoms with Crippen LogP contribution in [0.5, 0.6) is 0 Å². The van der Waals surface area contributed by atoms with Crippen LogP contribution in [0.15, 0.2) is 42.5 Å². The third kappa shape index (κ3) is 2.33. The Morgan fingerprint density at radius 2 is 1.76 bits per heavy atom. The SMILES string of the molecule is Cc1cc(N)ccc1C(=O)c1ccc(F)cc1. The highest BCUT2D eigenvalue weighted by Gasteiger charge is 2.11. The number of nitrogen functional groups attached to an aromatic ring is 1. The van der Waals surface area contributed by atoms with Gasteiger partial charge >= 0.3 is 0 Å². The third-order valence-corrected chi connectivity index (χ3v) is 2.60. The van der Waals surface area contributed by atoms with Gasteiger partial charge in [-0.2, -0.15) is 0 Å². The molecular weight excluding hydrogens is 217 g/mol. The molecule has 2 aromatic rings. The van der Waals surface area contributed by atoms with Gasteiger partial charge in [-0.25, -0.2) is 4.39 Å². The largest absolute Gasteiger partial charge is 0.399 e. The minimum atomic E-state index is -0.351. The zero-order chi connectivity index (χ0) is 12.4. The van der Waals surface area contributed by atoms with Crippen LogP contribution < -0.4 is 5.73 Å². The standard InChI is InChI=1S/C14H12FNO/c1-9-8-12(16)6-7-13(9)14(17)10-2-4-11(15)5-3-10/h2-8H,16H2,1H3. The number of anilines is 1. The van der Waals surface area contributed by atoms with Crippen LogP contribution in [0.3, 0.4) is 0 Å². The van der Waals surface area contributed by atoms with Crippen molar-refractivity contribution >= 4 is 11.5 Å². The zero-order valence-electron chi connectivity index (χ0n) is 9.41. The maximum absolute atomic E-state index is 12.8. The van der Waals surface area contributed by atoms with E-state index in [9.17, 15) is 9.18 Å². The van der Waals surface area contributed by atoms with Crippen LogP contribution >= 0.6 is 0 Å². The van der Waals surface area contributed by atoms with Gasteiger partial charge in [0.2, 0.25) is 0 Å². The van der Waals surface area contributed by atoms with Crippen LogP contribution in [0, 0.1) is 12.7 Å². The lowest BCUT2D eigenvalue weighted by molar-refractivity contribution is 0.103. The molecule has 0 bridgehead atoms. The van der Waals surface area contributed by atoms with Gasteiger partial charge in [-0.05, 0) is 55.0 Å². The smallest absolute Gasteiger partial charge is 0.193 e. The Labute approximate surface area is 98.9 Å². The summed E-state index contributed by atoms with van der Waals surface area (Å²) in [5.74, 6) is -0.474. The van der Waals surface area contributed by atoms with Crippen LogP contribution in [0.1, 0.15) is 21.5 Å². The van der Waals surface area contributed by atoms with Crippen molar-refractivity contribution in [2.24, 2.45) is 0 Å². The number of rotatable bonds is 2. The van der Waals surface area contributed by atoms with E-state index in [1.165, 1.54) is 24.3 Å². The summed E-state index contributed by atoms with van der Waals surface area (Å²) in [6.07, 6.45) is 0. The highest BCUT2D eigenvalue weighted by atomic mass is 19.1. The Balaban J connectivity index is 2.40. The molecule has 2 rings (SSSR count). The quantitative estimate of drug-likeness (QED) is 0.635. The predicted molar refractivity (Wildman–Crippen MR) is 65.4 cm³/mol. The van der Waals surface area contributed by atoms with Gasteiger partial charge in [-0.1, -0.05) is 0 Å². The average molecular weight is 229 g/mol. The summed E-state index contributed by atoms with van der Waals surface area (Å²) in [5.41, 5.74) is 8.13. The molecular formula is C14H12FNO. The maximum atomic E-state index is 12.8. The van der Waals surface area contributed by atoms with Gasteiger partial charge in [-0.15, -0.1) is 0 Å². The van der Waals surface area contributed by atoms with Crippen molar-refractivity contribution in [1.29, 1.82) is 0 Å². The summed E-state index contributed by atoms with van der Waals surface area (Å²) in [7, 11) is 0. The van der Waals surface area contributed by atoms with Gasteiger partial charge < -0.3 is 5.73 Å². The van der Waals surface area contributed by atoms with E-state index in [0.717, 1.165) is 5.56 Å². The number of nitrogens with two attached hydrogens (primary N) is 1. The summed E-state index contributed by atoms with van der Waals surface area (Å²) in [6.45, 7) is 1.83. The van der Waals surface area contributed by atoms with E-state index in [0.29, 0.717) is 16.8 Å². The highest BCUT2D eigenvalue weighted by molar-refractivity contribution is 6.10. The van der Waals surface area contributed by atoms with Crippen molar-refractivity contribution in [1.82, 2.24) is 0 Å². The van der Waals surface area contributed by atoms with Crippen LogP contribution in [0.4, 0.5) is 10.1 Å². The molecule has 0 amide bonds. The molecule has 0 aromatic heterocycles. The molecule has 0 heterocycles. The van der Waals surface area contributed by atoms with Crippen LogP contribution in [-0.4, -0.2) is 5.78 Å². The minimum absolute atomic E-state index is 0.123. The number of aryl methyl sites for hydroxylation is 1. The molecule has 0 saturated carbocycles. The lowest BCUT2D eigenvalue weighted by Gasteiger charge is -2.05. The van der Waals surface area contributed by atoms with Gasteiger partial charge in [0.15, 0.2) is 5.78 Å². The molecule has 2 nitrogen and oxygen atoms in total. The van der Waals surface area contributed by atoms with Crippen LogP contribution in [-0.2, 0) is 0 Å². The predicted octanol–water partition coefficient (Wildman–Crippen LogP) is 2.95. The number of hydrogen-bond acceptors (Lipinski definition) is 2. The van der Waals surface area contributed by atoms with E-state index >= 15 is 0 Å². The number of carbonyl (C=O) groups excluding carboxylic acids is 1. The topological polar surface area (TPSA) is 43.1 Å². The molecule has 17 heavy (non-hydrogen) atoms. The Hall–Kier alpha value is -2.16. The average Bonchev–Trinajstić information content (AvgIpc) is 2.29. The maximum Gasteiger partial charge on any atom is 0.193 e. The molecule has 0 aliphatic rings. The lowest BCUT2D eigenvalue weighted by atomic mass is 9.99. The van der Waals surface area contributed by atoms with Crippen molar-refractivity contribution in [3.63, 3.8) is 0 Å². The summed E-state index contributed by atoms with van der Waals surface area (Å²) < 4.78 is 12.8. The molecule has 2 N–H and O–H groups in total. The van der Waals surface area contributed by atoms with E-state index in [4.69, 9.17) is 5.73 Å². The van der Waals surface area contributed by atoms with Crippen molar-refractivity contribution in [3.8, 4) is 0 Å². The normalized spacial score (nSPS) is 10.2. The van der Waals surface area contributed by atoms with Crippen molar-refractivity contribution in [2.45, 2.75) is 6.92 Å². The highest BCUT2D eigenvalue weighted by Crippen LogP contribution is 2.17. The molecule has 0 fully saturated rings. The Bertz CT molecular complexity index is 561. The first-order chi connectivity index (χ1) is 8.08. The van der Waals surface area contributed by atoms with Gasteiger partial charge in [0.1, 0.15) is 5.82 Å². The molecule has 0 aliphatic carbocycles. The fraction of sp³-hybridized carbons (Fsp3) is 0.0714. The fourth-order valence-corrected chi connectivity index (χ4v) is 1.70. The van der Waals surface area contributed by atoms with E-state index in [1.54, 1.807) is 18.2 Å². The monoisotopic (exact) mass is 229 g/mol.